The van der Waals surface area contributed by atoms with Gasteiger partial charge >= 0.3 is 5.91 Å². The van der Waals surface area contributed by atoms with Crippen LogP contribution in [0.3, 0.4) is 0 Å². The Labute approximate surface area is 164 Å². The maximum atomic E-state index is 12.1. The fourth-order valence-electron chi connectivity index (χ4n) is 2.99. The molecule has 146 valence electrons. The summed E-state index contributed by atoms with van der Waals surface area (Å²) in [7, 11) is 0. The number of para-hydroxylation sites is 1. The Balaban J connectivity index is 1.70. The maximum absolute atomic E-state index is 12.1. The first-order valence-electron chi connectivity index (χ1n) is 9.15. The molecule has 0 unspecified atom stereocenters. The summed E-state index contributed by atoms with van der Waals surface area (Å²) in [4.78, 5) is 14.9. The van der Waals surface area contributed by atoms with Gasteiger partial charge < -0.3 is 14.8 Å². The largest absolute Gasteiger partial charge is 0.493 e. The second kappa shape index (κ2) is 7.46. The lowest BCUT2D eigenvalue weighted by atomic mass is 9.86. The number of hydrogen-bond acceptors (Lipinski definition) is 4. The van der Waals surface area contributed by atoms with E-state index < -0.39 is 5.91 Å². The maximum Gasteiger partial charge on any atom is 0.302 e. The molecule has 6 nitrogen and oxygen atoms in total. The molecule has 1 aromatic heterocycles. The summed E-state index contributed by atoms with van der Waals surface area (Å²) in [5.74, 6) is -0.00167. The Hall–Kier alpha value is -3.15. The molecule has 0 spiro atoms. The smallest absolute Gasteiger partial charge is 0.302 e. The van der Waals surface area contributed by atoms with E-state index >= 15 is 0 Å². The number of amides is 1. The monoisotopic (exact) mass is 379 g/mol. The van der Waals surface area contributed by atoms with Gasteiger partial charge in [-0.05, 0) is 42.0 Å². The first kappa shape index (κ1) is 19.6. The number of H-pyrrole nitrogens is 1. The van der Waals surface area contributed by atoms with Gasteiger partial charge in [0.1, 0.15) is 5.75 Å². The van der Waals surface area contributed by atoms with Crippen LogP contribution in [-0.2, 0) is 10.2 Å². The van der Waals surface area contributed by atoms with Gasteiger partial charge in [-0.3, -0.25) is 4.79 Å². The first-order valence-corrected chi connectivity index (χ1v) is 9.15. The molecule has 0 fully saturated rings. The summed E-state index contributed by atoms with van der Waals surface area (Å²) in [6.45, 7) is 10.1. The second-order valence-corrected chi connectivity index (χ2v) is 7.93. The van der Waals surface area contributed by atoms with Crippen LogP contribution in [0, 0.1) is 13.8 Å². The minimum absolute atomic E-state index is 0.0486. The van der Waals surface area contributed by atoms with Crippen molar-refractivity contribution in [3.05, 3.63) is 53.1 Å². The fraction of sp³-hybridized carbons (Fsp3) is 0.318. The molecule has 0 radical (unpaired) electrons. The molecule has 2 aromatic carbocycles. The zero-order valence-electron chi connectivity index (χ0n) is 16.8. The van der Waals surface area contributed by atoms with E-state index in [-0.39, 0.29) is 23.6 Å². The number of hydrogen-bond donors (Lipinski definition) is 2. The van der Waals surface area contributed by atoms with Crippen LogP contribution in [0.4, 0.5) is 5.69 Å². The normalized spacial score (nSPS) is 12.0. The highest BCUT2D eigenvalue weighted by Gasteiger charge is 2.15. The molecule has 3 aromatic rings. The zero-order valence-corrected chi connectivity index (χ0v) is 16.8. The number of fused-ring (bicyclic) bond motifs is 1. The number of ether oxygens (including phenoxy) is 1. The standard InChI is InChI=1S/C22H25N3O3/c1-13-7-6-8-16-19(13)23-21(27)20(16)25-24-18(26)12-28-17-10-9-15(11-14(17)2)22(3,4)5/h6-11,23,27H,12H2,1-5H3. The van der Waals surface area contributed by atoms with E-state index in [0.29, 0.717) is 11.1 Å². The Bertz CT molecular complexity index is 1060. The third-order valence-corrected chi connectivity index (χ3v) is 4.65. The quantitative estimate of drug-likeness (QED) is 0.589. The SMILES string of the molecule is Cc1cc(C(C)(C)C)ccc1OCC(=O)N=Nc1c(O)[nH]c2c(C)cccc12. The molecule has 0 saturated carbocycles. The number of aromatic amines is 1. The van der Waals surface area contributed by atoms with Gasteiger partial charge in [0, 0.05) is 5.39 Å². The zero-order chi connectivity index (χ0) is 20.5. The third kappa shape index (κ3) is 4.06. The van der Waals surface area contributed by atoms with Crippen LogP contribution in [0.2, 0.25) is 0 Å². The highest BCUT2D eigenvalue weighted by Crippen LogP contribution is 2.36. The number of aromatic nitrogens is 1. The summed E-state index contributed by atoms with van der Waals surface area (Å²) in [6, 6.07) is 11.5. The molecule has 1 amide bonds. The molecular weight excluding hydrogens is 354 g/mol. The van der Waals surface area contributed by atoms with E-state index in [9.17, 15) is 9.90 Å². The van der Waals surface area contributed by atoms with Gasteiger partial charge in [-0.25, -0.2) is 0 Å². The van der Waals surface area contributed by atoms with E-state index in [2.05, 4.69) is 42.1 Å². The molecule has 0 aliphatic rings. The number of carbonyl (C=O) groups is 1. The van der Waals surface area contributed by atoms with Crippen molar-refractivity contribution in [2.75, 3.05) is 6.61 Å². The molecule has 0 aliphatic heterocycles. The number of carbonyl (C=O) groups excluding carboxylic acids is 1. The summed E-state index contributed by atoms with van der Waals surface area (Å²) in [6.07, 6.45) is 0. The third-order valence-electron chi connectivity index (χ3n) is 4.65. The molecule has 2 N–H and O–H groups in total. The summed E-state index contributed by atoms with van der Waals surface area (Å²) >= 11 is 0. The van der Waals surface area contributed by atoms with Gasteiger partial charge in [0.05, 0.1) is 5.52 Å². The Morgan fingerprint density at radius 2 is 1.89 bits per heavy atom. The van der Waals surface area contributed by atoms with Crippen LogP contribution >= 0.6 is 0 Å². The topological polar surface area (TPSA) is 87.0 Å². The van der Waals surface area contributed by atoms with Crippen LogP contribution in [0.5, 0.6) is 11.6 Å². The van der Waals surface area contributed by atoms with Crippen molar-refractivity contribution in [2.45, 2.75) is 40.0 Å². The Morgan fingerprint density at radius 3 is 2.57 bits per heavy atom. The van der Waals surface area contributed by atoms with Crippen molar-refractivity contribution >= 4 is 22.5 Å². The predicted octanol–water partition coefficient (Wildman–Crippen LogP) is 5.48. The Morgan fingerprint density at radius 1 is 1.14 bits per heavy atom. The summed E-state index contributed by atoms with van der Waals surface area (Å²) in [5.41, 5.74) is 4.20. The van der Waals surface area contributed by atoms with Gasteiger partial charge in [-0.15, -0.1) is 10.2 Å². The van der Waals surface area contributed by atoms with Crippen LogP contribution in [0.25, 0.3) is 10.9 Å². The fourth-order valence-corrected chi connectivity index (χ4v) is 2.99. The number of benzene rings is 2. The average Bonchev–Trinajstić information content (AvgIpc) is 2.95. The highest BCUT2D eigenvalue weighted by molar-refractivity contribution is 5.96. The van der Waals surface area contributed by atoms with Gasteiger partial charge in [-0.2, -0.15) is 0 Å². The molecule has 28 heavy (non-hydrogen) atoms. The number of azo groups is 1. The van der Waals surface area contributed by atoms with Crippen molar-refractivity contribution in [3.63, 3.8) is 0 Å². The van der Waals surface area contributed by atoms with E-state index in [0.717, 1.165) is 16.6 Å². The number of aryl methyl sites for hydroxylation is 2. The minimum atomic E-state index is -0.527. The number of nitrogens with one attached hydrogen (secondary N) is 1. The van der Waals surface area contributed by atoms with Crippen molar-refractivity contribution in [1.29, 1.82) is 0 Å². The molecule has 0 bridgehead atoms. The summed E-state index contributed by atoms with van der Waals surface area (Å²) in [5, 5.41) is 18.4. The van der Waals surface area contributed by atoms with Crippen molar-refractivity contribution < 1.29 is 14.6 Å². The van der Waals surface area contributed by atoms with E-state index in [1.54, 1.807) is 0 Å². The van der Waals surface area contributed by atoms with Gasteiger partial charge in [0.25, 0.3) is 0 Å². The first-order chi connectivity index (χ1) is 13.2. The molecule has 0 saturated heterocycles. The summed E-state index contributed by atoms with van der Waals surface area (Å²) < 4.78 is 5.60. The highest BCUT2D eigenvalue weighted by atomic mass is 16.5. The minimum Gasteiger partial charge on any atom is -0.493 e. The van der Waals surface area contributed by atoms with Crippen molar-refractivity contribution in [1.82, 2.24) is 4.98 Å². The lowest BCUT2D eigenvalue weighted by molar-refractivity contribution is -0.120. The van der Waals surface area contributed by atoms with Crippen LogP contribution in [0.15, 0.2) is 46.6 Å². The molecule has 3 rings (SSSR count). The second-order valence-electron chi connectivity index (χ2n) is 7.93. The van der Waals surface area contributed by atoms with Crippen LogP contribution < -0.4 is 4.74 Å². The number of rotatable bonds is 4. The van der Waals surface area contributed by atoms with E-state index in [1.165, 1.54) is 5.56 Å². The van der Waals surface area contributed by atoms with E-state index in [1.807, 2.05) is 44.2 Å². The van der Waals surface area contributed by atoms with E-state index in [4.69, 9.17) is 4.74 Å². The Kier molecular flexibility index (Phi) is 5.23. The van der Waals surface area contributed by atoms with Crippen LogP contribution in [0.1, 0.15) is 37.5 Å². The van der Waals surface area contributed by atoms with Crippen molar-refractivity contribution in [2.24, 2.45) is 10.2 Å². The molecular formula is C22H25N3O3. The lowest BCUT2D eigenvalue weighted by Crippen LogP contribution is -2.12. The molecule has 1 heterocycles. The van der Waals surface area contributed by atoms with Gasteiger partial charge in [-0.1, -0.05) is 51.1 Å². The van der Waals surface area contributed by atoms with Gasteiger partial charge in [0.15, 0.2) is 12.3 Å². The molecule has 6 heteroatoms. The lowest BCUT2D eigenvalue weighted by Gasteiger charge is -2.20. The van der Waals surface area contributed by atoms with Gasteiger partial charge in [0.2, 0.25) is 5.88 Å². The molecule has 0 aliphatic carbocycles. The predicted molar refractivity (Wildman–Crippen MR) is 110 cm³/mol. The number of aromatic hydroxyl groups is 1. The average molecular weight is 379 g/mol. The number of nitrogens with zero attached hydrogens (tertiary/aromatic N) is 2. The van der Waals surface area contributed by atoms with Crippen molar-refractivity contribution in [3.8, 4) is 11.6 Å². The molecule has 0 atom stereocenters. The van der Waals surface area contributed by atoms with Crippen LogP contribution in [-0.4, -0.2) is 22.6 Å².